The zero-order valence-electron chi connectivity index (χ0n) is 11.8. The van der Waals surface area contributed by atoms with Crippen molar-refractivity contribution >= 4 is 21.7 Å². The predicted octanol–water partition coefficient (Wildman–Crippen LogP) is 4.25. The summed E-state index contributed by atoms with van der Waals surface area (Å²) in [4.78, 5) is 0. The maximum absolute atomic E-state index is 6.09. The molecule has 0 aliphatic carbocycles. The zero-order chi connectivity index (χ0) is 14.8. The van der Waals surface area contributed by atoms with E-state index in [1.807, 2.05) is 35.0 Å². The normalized spacial score (nSPS) is 10.8. The molecule has 4 heteroatoms. The van der Waals surface area contributed by atoms with Crippen LogP contribution < -0.4 is 5.73 Å². The summed E-state index contributed by atoms with van der Waals surface area (Å²) in [6.45, 7) is 2.77. The standard InChI is InChI=1S/C17H16BrN3/c1-12-3-2-4-13(9-12)11-21-17(19)10-16(20-21)14-5-7-15(18)8-6-14/h2-10H,11,19H2,1H3. The van der Waals surface area contributed by atoms with Gasteiger partial charge >= 0.3 is 0 Å². The van der Waals surface area contributed by atoms with E-state index in [0.29, 0.717) is 12.4 Å². The van der Waals surface area contributed by atoms with Crippen molar-refractivity contribution in [2.24, 2.45) is 0 Å². The van der Waals surface area contributed by atoms with Crippen LogP contribution in [-0.4, -0.2) is 9.78 Å². The molecule has 0 atom stereocenters. The topological polar surface area (TPSA) is 43.8 Å². The van der Waals surface area contributed by atoms with E-state index in [1.165, 1.54) is 11.1 Å². The molecule has 2 aromatic carbocycles. The van der Waals surface area contributed by atoms with Gasteiger partial charge in [0.25, 0.3) is 0 Å². The maximum Gasteiger partial charge on any atom is 0.122 e. The Hall–Kier alpha value is -2.07. The SMILES string of the molecule is Cc1cccc(Cn2nc(-c3ccc(Br)cc3)cc2N)c1. The van der Waals surface area contributed by atoms with Gasteiger partial charge in [-0.1, -0.05) is 57.9 Å². The Morgan fingerprint density at radius 3 is 2.57 bits per heavy atom. The Morgan fingerprint density at radius 2 is 1.86 bits per heavy atom. The van der Waals surface area contributed by atoms with Crippen molar-refractivity contribution in [3.05, 3.63) is 70.2 Å². The molecule has 0 unspecified atom stereocenters. The van der Waals surface area contributed by atoms with E-state index in [9.17, 15) is 0 Å². The molecule has 21 heavy (non-hydrogen) atoms. The fourth-order valence-corrected chi connectivity index (χ4v) is 2.57. The highest BCUT2D eigenvalue weighted by Crippen LogP contribution is 2.23. The lowest BCUT2D eigenvalue weighted by atomic mass is 10.1. The molecule has 0 spiro atoms. The minimum Gasteiger partial charge on any atom is -0.384 e. The third kappa shape index (κ3) is 3.16. The largest absolute Gasteiger partial charge is 0.384 e. The minimum absolute atomic E-state index is 0.675. The van der Waals surface area contributed by atoms with Crippen molar-refractivity contribution in [2.75, 3.05) is 5.73 Å². The number of rotatable bonds is 3. The van der Waals surface area contributed by atoms with Crippen LogP contribution in [0, 0.1) is 6.92 Å². The van der Waals surface area contributed by atoms with Crippen molar-refractivity contribution in [2.45, 2.75) is 13.5 Å². The molecule has 2 N–H and O–H groups in total. The van der Waals surface area contributed by atoms with Gasteiger partial charge < -0.3 is 5.73 Å². The Labute approximate surface area is 132 Å². The summed E-state index contributed by atoms with van der Waals surface area (Å²) in [5.74, 6) is 0.675. The summed E-state index contributed by atoms with van der Waals surface area (Å²) < 4.78 is 2.89. The molecule has 1 aromatic heterocycles. The van der Waals surface area contributed by atoms with Gasteiger partial charge in [-0.15, -0.1) is 0 Å². The maximum atomic E-state index is 6.09. The lowest BCUT2D eigenvalue weighted by molar-refractivity contribution is 0.699. The molecule has 3 nitrogen and oxygen atoms in total. The minimum atomic E-state index is 0.675. The van der Waals surface area contributed by atoms with Crippen LogP contribution in [0.3, 0.4) is 0 Å². The summed E-state index contributed by atoms with van der Waals surface area (Å²) in [5, 5.41) is 4.61. The molecule has 0 saturated heterocycles. The number of nitrogens with two attached hydrogens (primary N) is 1. The van der Waals surface area contributed by atoms with E-state index >= 15 is 0 Å². The molecule has 0 fully saturated rings. The first-order valence-corrected chi connectivity index (χ1v) is 7.56. The van der Waals surface area contributed by atoms with E-state index in [2.05, 4.69) is 52.2 Å². The van der Waals surface area contributed by atoms with Crippen molar-refractivity contribution in [3.63, 3.8) is 0 Å². The quantitative estimate of drug-likeness (QED) is 0.773. The summed E-state index contributed by atoms with van der Waals surface area (Å²) in [7, 11) is 0. The smallest absolute Gasteiger partial charge is 0.122 e. The lowest BCUT2D eigenvalue weighted by Crippen LogP contribution is -2.05. The van der Waals surface area contributed by atoms with Gasteiger partial charge in [0.05, 0.1) is 12.2 Å². The second-order valence-corrected chi connectivity index (χ2v) is 6.02. The second kappa shape index (κ2) is 5.74. The molecule has 0 saturated carbocycles. The molecule has 3 rings (SSSR count). The van der Waals surface area contributed by atoms with Gasteiger partial charge in [-0.25, -0.2) is 4.68 Å². The molecular formula is C17H16BrN3. The molecule has 106 valence electrons. The fraction of sp³-hybridized carbons (Fsp3) is 0.118. The third-order valence-electron chi connectivity index (χ3n) is 3.37. The summed E-state index contributed by atoms with van der Waals surface area (Å²) in [6.07, 6.45) is 0. The average molecular weight is 342 g/mol. The molecule has 0 aliphatic heterocycles. The average Bonchev–Trinajstić information content (AvgIpc) is 2.81. The van der Waals surface area contributed by atoms with Crippen LogP contribution in [0.15, 0.2) is 59.1 Å². The van der Waals surface area contributed by atoms with Crippen molar-refractivity contribution in [1.29, 1.82) is 0 Å². The summed E-state index contributed by atoms with van der Waals surface area (Å²) in [5.41, 5.74) is 10.5. The number of anilines is 1. The Kier molecular flexibility index (Phi) is 3.80. The highest BCUT2D eigenvalue weighted by Gasteiger charge is 2.07. The molecule has 0 amide bonds. The van der Waals surface area contributed by atoms with Crippen LogP contribution in [0.5, 0.6) is 0 Å². The lowest BCUT2D eigenvalue weighted by Gasteiger charge is -2.05. The number of nitrogens with zero attached hydrogens (tertiary/aromatic N) is 2. The molecule has 0 radical (unpaired) electrons. The number of halogens is 1. The van der Waals surface area contributed by atoms with Gasteiger partial charge in [0.15, 0.2) is 0 Å². The number of aromatic nitrogens is 2. The van der Waals surface area contributed by atoms with Crippen LogP contribution in [0.4, 0.5) is 5.82 Å². The predicted molar refractivity (Wildman–Crippen MR) is 90.1 cm³/mol. The highest BCUT2D eigenvalue weighted by atomic mass is 79.9. The van der Waals surface area contributed by atoms with Crippen LogP contribution in [0.1, 0.15) is 11.1 Å². The Bertz CT molecular complexity index is 760. The first-order valence-electron chi connectivity index (χ1n) is 6.76. The van der Waals surface area contributed by atoms with Crippen LogP contribution in [-0.2, 0) is 6.54 Å². The van der Waals surface area contributed by atoms with E-state index in [1.54, 1.807) is 0 Å². The number of aryl methyl sites for hydroxylation is 1. The summed E-state index contributed by atoms with van der Waals surface area (Å²) >= 11 is 3.44. The molecule has 0 aliphatic rings. The van der Waals surface area contributed by atoms with E-state index in [4.69, 9.17) is 5.73 Å². The molecule has 3 aromatic rings. The van der Waals surface area contributed by atoms with Crippen LogP contribution in [0.25, 0.3) is 11.3 Å². The van der Waals surface area contributed by atoms with Crippen molar-refractivity contribution in [1.82, 2.24) is 9.78 Å². The van der Waals surface area contributed by atoms with Gasteiger partial charge in [0.2, 0.25) is 0 Å². The van der Waals surface area contributed by atoms with E-state index < -0.39 is 0 Å². The summed E-state index contributed by atoms with van der Waals surface area (Å²) in [6, 6.07) is 18.4. The van der Waals surface area contributed by atoms with E-state index in [-0.39, 0.29) is 0 Å². The molecule has 0 bridgehead atoms. The Morgan fingerprint density at radius 1 is 1.10 bits per heavy atom. The fourth-order valence-electron chi connectivity index (χ4n) is 2.30. The number of hydrogen-bond donors (Lipinski definition) is 1. The van der Waals surface area contributed by atoms with Gasteiger partial charge in [0, 0.05) is 16.1 Å². The van der Waals surface area contributed by atoms with Crippen LogP contribution in [0.2, 0.25) is 0 Å². The van der Waals surface area contributed by atoms with Gasteiger partial charge in [-0.2, -0.15) is 5.10 Å². The monoisotopic (exact) mass is 341 g/mol. The second-order valence-electron chi connectivity index (χ2n) is 5.11. The first-order chi connectivity index (χ1) is 10.1. The van der Waals surface area contributed by atoms with Gasteiger partial charge in [-0.3, -0.25) is 0 Å². The van der Waals surface area contributed by atoms with Crippen molar-refractivity contribution < 1.29 is 0 Å². The van der Waals surface area contributed by atoms with Crippen molar-refractivity contribution in [3.8, 4) is 11.3 Å². The third-order valence-corrected chi connectivity index (χ3v) is 3.89. The van der Waals surface area contributed by atoms with E-state index in [0.717, 1.165) is 15.7 Å². The van der Waals surface area contributed by atoms with Gasteiger partial charge in [0.1, 0.15) is 5.82 Å². The van der Waals surface area contributed by atoms with Gasteiger partial charge in [-0.05, 0) is 24.6 Å². The highest BCUT2D eigenvalue weighted by molar-refractivity contribution is 9.10. The zero-order valence-corrected chi connectivity index (χ0v) is 13.3. The number of hydrogen-bond acceptors (Lipinski definition) is 2. The first kappa shape index (κ1) is 13.9. The number of nitrogen functional groups attached to an aromatic ring is 1. The molecular weight excluding hydrogens is 326 g/mol. The Balaban J connectivity index is 1.89. The van der Waals surface area contributed by atoms with Crippen LogP contribution >= 0.6 is 15.9 Å². The number of benzene rings is 2. The molecule has 1 heterocycles.